The molecule has 4 nitrogen and oxygen atoms in total. The second kappa shape index (κ2) is 6.61. The van der Waals surface area contributed by atoms with E-state index in [1.54, 1.807) is 24.3 Å². The van der Waals surface area contributed by atoms with Crippen molar-refractivity contribution in [1.29, 1.82) is 0 Å². The summed E-state index contributed by atoms with van der Waals surface area (Å²) in [7, 11) is 0. The number of rotatable bonds is 5. The molecule has 0 fully saturated rings. The highest BCUT2D eigenvalue weighted by Crippen LogP contribution is 2.24. The minimum Gasteiger partial charge on any atom is -0.429 e. The van der Waals surface area contributed by atoms with Crippen molar-refractivity contribution >= 4 is 17.8 Å². The molecule has 0 aliphatic carbocycles. The Morgan fingerprint density at radius 2 is 1.65 bits per heavy atom. The number of hydrogen-bond donors (Lipinski definition) is 0. The highest BCUT2D eigenvalue weighted by Gasteiger charge is 2.00. The molecule has 2 rings (SSSR count). The molecule has 0 spiro atoms. The SMILES string of the molecule is CC(C)c1cccc(/N=N/c2cccc(OC=O)c2)c1. The maximum Gasteiger partial charge on any atom is 0.298 e. The van der Waals surface area contributed by atoms with Crippen molar-refractivity contribution < 1.29 is 9.53 Å². The Labute approximate surface area is 118 Å². The van der Waals surface area contributed by atoms with Gasteiger partial charge >= 0.3 is 0 Å². The number of carbonyl (C=O) groups is 1. The average molecular weight is 268 g/mol. The van der Waals surface area contributed by atoms with Gasteiger partial charge in [0.05, 0.1) is 11.4 Å². The van der Waals surface area contributed by atoms with E-state index in [9.17, 15) is 4.79 Å². The van der Waals surface area contributed by atoms with Gasteiger partial charge in [-0.1, -0.05) is 32.0 Å². The fourth-order valence-corrected chi connectivity index (χ4v) is 1.74. The monoisotopic (exact) mass is 268 g/mol. The Morgan fingerprint density at radius 3 is 2.30 bits per heavy atom. The van der Waals surface area contributed by atoms with Gasteiger partial charge in [0.1, 0.15) is 5.75 Å². The average Bonchev–Trinajstić information content (AvgIpc) is 2.46. The van der Waals surface area contributed by atoms with Crippen LogP contribution >= 0.6 is 0 Å². The summed E-state index contributed by atoms with van der Waals surface area (Å²) in [5, 5.41) is 8.35. The highest BCUT2D eigenvalue weighted by atomic mass is 16.5. The van der Waals surface area contributed by atoms with E-state index in [2.05, 4.69) is 30.1 Å². The van der Waals surface area contributed by atoms with Gasteiger partial charge < -0.3 is 4.74 Å². The fourth-order valence-electron chi connectivity index (χ4n) is 1.74. The smallest absolute Gasteiger partial charge is 0.298 e. The molecule has 2 aromatic rings. The van der Waals surface area contributed by atoms with Gasteiger partial charge in [0, 0.05) is 6.07 Å². The Balaban J connectivity index is 2.18. The van der Waals surface area contributed by atoms with Gasteiger partial charge in [0.25, 0.3) is 6.47 Å². The molecule has 0 bridgehead atoms. The molecule has 102 valence electrons. The van der Waals surface area contributed by atoms with Crippen LogP contribution in [0.2, 0.25) is 0 Å². The second-order valence-electron chi connectivity index (χ2n) is 4.66. The van der Waals surface area contributed by atoms with Crippen LogP contribution in [-0.4, -0.2) is 6.47 Å². The van der Waals surface area contributed by atoms with Crippen LogP contribution < -0.4 is 4.74 Å². The Hall–Kier alpha value is -2.49. The van der Waals surface area contributed by atoms with E-state index < -0.39 is 0 Å². The molecular formula is C16H16N2O2. The van der Waals surface area contributed by atoms with Crippen molar-refractivity contribution in [2.45, 2.75) is 19.8 Å². The van der Waals surface area contributed by atoms with Crippen LogP contribution in [0.4, 0.5) is 11.4 Å². The molecule has 0 saturated heterocycles. The van der Waals surface area contributed by atoms with E-state index in [0.29, 0.717) is 23.8 Å². The van der Waals surface area contributed by atoms with Crippen molar-refractivity contribution in [3.63, 3.8) is 0 Å². The Kier molecular flexibility index (Phi) is 4.60. The van der Waals surface area contributed by atoms with Gasteiger partial charge in [-0.25, -0.2) is 0 Å². The van der Waals surface area contributed by atoms with Gasteiger partial charge in [-0.05, 0) is 35.7 Å². The maximum absolute atomic E-state index is 10.3. The first kappa shape index (κ1) is 13.9. The van der Waals surface area contributed by atoms with Crippen molar-refractivity contribution in [3.8, 4) is 5.75 Å². The number of nitrogens with zero attached hydrogens (tertiary/aromatic N) is 2. The zero-order chi connectivity index (χ0) is 14.4. The van der Waals surface area contributed by atoms with Crippen LogP contribution in [0.1, 0.15) is 25.3 Å². The Morgan fingerprint density at radius 1 is 1.00 bits per heavy atom. The van der Waals surface area contributed by atoms with Crippen molar-refractivity contribution in [3.05, 3.63) is 54.1 Å². The maximum atomic E-state index is 10.3. The van der Waals surface area contributed by atoms with E-state index in [1.165, 1.54) is 5.56 Å². The van der Waals surface area contributed by atoms with Gasteiger partial charge in [0.2, 0.25) is 0 Å². The van der Waals surface area contributed by atoms with Crippen LogP contribution in [0, 0.1) is 0 Å². The lowest BCUT2D eigenvalue weighted by molar-refractivity contribution is -0.120. The number of hydrogen-bond acceptors (Lipinski definition) is 4. The summed E-state index contributed by atoms with van der Waals surface area (Å²) in [6, 6.07) is 14.9. The lowest BCUT2D eigenvalue weighted by Crippen LogP contribution is -1.86. The van der Waals surface area contributed by atoms with Gasteiger partial charge in [-0.3, -0.25) is 4.79 Å². The van der Waals surface area contributed by atoms with Crippen LogP contribution in [0.25, 0.3) is 0 Å². The summed E-state index contributed by atoms with van der Waals surface area (Å²) in [6.45, 7) is 4.66. The molecule has 0 atom stereocenters. The zero-order valence-corrected chi connectivity index (χ0v) is 11.5. The standard InChI is InChI=1S/C16H16N2O2/c1-12(2)13-5-3-6-14(9-13)17-18-15-7-4-8-16(10-15)20-11-19/h3-12H,1-2H3/b18-17+. The summed E-state index contributed by atoms with van der Waals surface area (Å²) < 4.78 is 4.77. The molecular weight excluding hydrogens is 252 g/mol. The first-order chi connectivity index (χ1) is 9.69. The predicted molar refractivity (Wildman–Crippen MR) is 77.8 cm³/mol. The van der Waals surface area contributed by atoms with Crippen LogP contribution in [0.5, 0.6) is 5.75 Å². The predicted octanol–water partition coefficient (Wildman–Crippen LogP) is 4.76. The van der Waals surface area contributed by atoms with Gasteiger partial charge in [-0.2, -0.15) is 10.2 Å². The minimum atomic E-state index is 0.391. The molecule has 0 amide bonds. The van der Waals surface area contributed by atoms with Gasteiger partial charge in [-0.15, -0.1) is 0 Å². The number of ether oxygens (including phenoxy) is 1. The molecule has 0 aliphatic heterocycles. The largest absolute Gasteiger partial charge is 0.429 e. The molecule has 0 aliphatic rings. The number of carbonyl (C=O) groups excluding carboxylic acids is 1. The van der Waals surface area contributed by atoms with Crippen LogP contribution in [0.15, 0.2) is 58.8 Å². The molecule has 0 radical (unpaired) electrons. The minimum absolute atomic E-state index is 0.391. The fraction of sp³-hybridized carbons (Fsp3) is 0.188. The summed E-state index contributed by atoms with van der Waals surface area (Å²) in [6.07, 6.45) is 0. The topological polar surface area (TPSA) is 51.0 Å². The van der Waals surface area contributed by atoms with E-state index in [1.807, 2.05) is 18.2 Å². The van der Waals surface area contributed by atoms with Crippen molar-refractivity contribution in [2.75, 3.05) is 0 Å². The summed E-state index contributed by atoms with van der Waals surface area (Å²) in [5.41, 5.74) is 2.66. The van der Waals surface area contributed by atoms with E-state index in [4.69, 9.17) is 4.74 Å². The molecule has 0 saturated carbocycles. The molecule has 2 aromatic carbocycles. The zero-order valence-electron chi connectivity index (χ0n) is 11.5. The first-order valence-corrected chi connectivity index (χ1v) is 6.41. The summed E-state index contributed by atoms with van der Waals surface area (Å²) >= 11 is 0. The van der Waals surface area contributed by atoms with Crippen LogP contribution in [0.3, 0.4) is 0 Å². The van der Waals surface area contributed by atoms with Crippen LogP contribution in [-0.2, 0) is 4.79 Å². The molecule has 0 N–H and O–H groups in total. The first-order valence-electron chi connectivity index (χ1n) is 6.41. The lowest BCUT2D eigenvalue weighted by Gasteiger charge is -2.04. The van der Waals surface area contributed by atoms with E-state index in [-0.39, 0.29) is 0 Å². The quantitative estimate of drug-likeness (QED) is 0.579. The molecule has 0 heterocycles. The van der Waals surface area contributed by atoms with Gasteiger partial charge in [0.15, 0.2) is 0 Å². The molecule has 0 unspecified atom stereocenters. The highest BCUT2D eigenvalue weighted by molar-refractivity contribution is 5.50. The summed E-state index contributed by atoms with van der Waals surface area (Å²) in [4.78, 5) is 10.3. The lowest BCUT2D eigenvalue weighted by atomic mass is 10.0. The number of azo groups is 1. The summed E-state index contributed by atoms with van der Waals surface area (Å²) in [5.74, 6) is 0.904. The molecule has 20 heavy (non-hydrogen) atoms. The van der Waals surface area contributed by atoms with E-state index >= 15 is 0 Å². The molecule has 0 aromatic heterocycles. The van der Waals surface area contributed by atoms with Crippen molar-refractivity contribution in [2.24, 2.45) is 10.2 Å². The number of benzene rings is 2. The van der Waals surface area contributed by atoms with E-state index in [0.717, 1.165) is 5.69 Å². The van der Waals surface area contributed by atoms with Crippen molar-refractivity contribution in [1.82, 2.24) is 0 Å². The third-order valence-electron chi connectivity index (χ3n) is 2.82. The third kappa shape index (κ3) is 3.75. The third-order valence-corrected chi connectivity index (χ3v) is 2.82. The molecule has 4 heteroatoms. The second-order valence-corrected chi connectivity index (χ2v) is 4.66. The normalized spacial score (nSPS) is 10.9. The Bertz CT molecular complexity index is 621.